The molecule has 0 aromatic heterocycles. The minimum absolute atomic E-state index is 0.100. The second-order valence-electron chi connectivity index (χ2n) is 4.41. The molecule has 1 atom stereocenters. The molecule has 3 rings (SSSR count). The Morgan fingerprint density at radius 2 is 1.61 bits per heavy atom. The third-order valence-electron chi connectivity index (χ3n) is 3.41. The molecule has 0 saturated heterocycles. The molecule has 1 heterocycles. The average molecular weight is 258 g/mol. The summed E-state index contributed by atoms with van der Waals surface area (Å²) in [5.41, 5.74) is 2.54. The molecule has 1 aliphatic heterocycles. The molecule has 0 radical (unpaired) electrons. The SMILES string of the molecule is CN1C(=O)[C@@](Cl)(c2ccccc2)c2ccccc21. The van der Waals surface area contributed by atoms with Gasteiger partial charge in [0.1, 0.15) is 0 Å². The molecule has 0 fully saturated rings. The van der Waals surface area contributed by atoms with E-state index in [-0.39, 0.29) is 5.91 Å². The molecule has 2 aromatic carbocycles. The van der Waals surface area contributed by atoms with Crippen LogP contribution in [-0.4, -0.2) is 13.0 Å². The van der Waals surface area contributed by atoms with E-state index in [1.165, 1.54) is 0 Å². The van der Waals surface area contributed by atoms with Gasteiger partial charge in [0.05, 0.1) is 0 Å². The van der Waals surface area contributed by atoms with Crippen LogP contribution in [0.1, 0.15) is 11.1 Å². The number of para-hydroxylation sites is 1. The summed E-state index contributed by atoms with van der Waals surface area (Å²) in [5, 5.41) is 0. The van der Waals surface area contributed by atoms with E-state index in [0.717, 1.165) is 16.8 Å². The summed E-state index contributed by atoms with van der Waals surface area (Å²) < 4.78 is 0. The molecule has 0 unspecified atom stereocenters. The van der Waals surface area contributed by atoms with Crippen LogP contribution in [0.15, 0.2) is 54.6 Å². The van der Waals surface area contributed by atoms with Crippen LogP contribution in [0, 0.1) is 0 Å². The number of fused-ring (bicyclic) bond motifs is 1. The van der Waals surface area contributed by atoms with Crippen molar-refractivity contribution in [3.8, 4) is 0 Å². The fourth-order valence-electron chi connectivity index (χ4n) is 2.46. The Morgan fingerprint density at radius 1 is 1.00 bits per heavy atom. The maximum absolute atomic E-state index is 12.5. The number of halogens is 1. The van der Waals surface area contributed by atoms with E-state index in [0.29, 0.717) is 0 Å². The lowest BCUT2D eigenvalue weighted by Gasteiger charge is -2.21. The number of nitrogens with zero attached hydrogens (tertiary/aromatic N) is 1. The maximum atomic E-state index is 12.5. The highest BCUT2D eigenvalue weighted by Gasteiger charge is 2.49. The van der Waals surface area contributed by atoms with Crippen molar-refractivity contribution in [2.75, 3.05) is 11.9 Å². The van der Waals surface area contributed by atoms with Crippen molar-refractivity contribution >= 4 is 23.2 Å². The molecule has 18 heavy (non-hydrogen) atoms. The van der Waals surface area contributed by atoms with Crippen LogP contribution < -0.4 is 4.90 Å². The number of benzene rings is 2. The van der Waals surface area contributed by atoms with E-state index in [2.05, 4.69) is 0 Å². The van der Waals surface area contributed by atoms with E-state index in [1.807, 2.05) is 54.6 Å². The van der Waals surface area contributed by atoms with E-state index >= 15 is 0 Å². The number of alkyl halides is 1. The van der Waals surface area contributed by atoms with Gasteiger partial charge in [0.25, 0.3) is 5.91 Å². The largest absolute Gasteiger partial charge is 0.313 e. The normalized spacial score (nSPS) is 22.1. The van der Waals surface area contributed by atoms with Crippen molar-refractivity contribution in [2.24, 2.45) is 0 Å². The summed E-state index contributed by atoms with van der Waals surface area (Å²) >= 11 is 6.68. The summed E-state index contributed by atoms with van der Waals surface area (Å²) in [6.07, 6.45) is 0. The van der Waals surface area contributed by atoms with E-state index in [1.54, 1.807) is 11.9 Å². The first-order valence-corrected chi connectivity index (χ1v) is 6.15. The molecule has 0 spiro atoms. The number of carbonyl (C=O) groups excluding carboxylic acids is 1. The summed E-state index contributed by atoms with van der Waals surface area (Å²) in [5.74, 6) is -0.100. The Balaban J connectivity index is 2.27. The fraction of sp³-hybridized carbons (Fsp3) is 0.133. The van der Waals surface area contributed by atoms with Crippen LogP contribution in [0.4, 0.5) is 5.69 Å². The monoisotopic (exact) mass is 257 g/mol. The van der Waals surface area contributed by atoms with Gasteiger partial charge in [-0.25, -0.2) is 0 Å². The van der Waals surface area contributed by atoms with Gasteiger partial charge in [-0.3, -0.25) is 4.79 Å². The Bertz CT molecular complexity index is 611. The third-order valence-corrected chi connectivity index (χ3v) is 3.99. The van der Waals surface area contributed by atoms with Gasteiger partial charge < -0.3 is 4.90 Å². The van der Waals surface area contributed by atoms with E-state index in [9.17, 15) is 4.79 Å². The molecule has 90 valence electrons. The fourth-order valence-corrected chi connectivity index (χ4v) is 2.87. The summed E-state index contributed by atoms with van der Waals surface area (Å²) in [6.45, 7) is 0. The lowest BCUT2D eigenvalue weighted by Crippen LogP contribution is -2.34. The first-order valence-electron chi connectivity index (χ1n) is 5.78. The molecule has 0 bridgehead atoms. The number of likely N-dealkylation sites (N-methyl/N-ethyl adjacent to an activating group) is 1. The molecule has 1 amide bonds. The molecular formula is C15H12ClNO. The van der Waals surface area contributed by atoms with Gasteiger partial charge in [0, 0.05) is 18.3 Å². The first kappa shape index (κ1) is 11.3. The first-order chi connectivity index (χ1) is 8.65. The number of hydrogen-bond donors (Lipinski definition) is 0. The zero-order chi connectivity index (χ0) is 12.8. The Labute approximate surface area is 111 Å². The maximum Gasteiger partial charge on any atom is 0.257 e. The highest BCUT2D eigenvalue weighted by atomic mass is 35.5. The van der Waals surface area contributed by atoms with Crippen LogP contribution in [0.2, 0.25) is 0 Å². The summed E-state index contributed by atoms with van der Waals surface area (Å²) in [6, 6.07) is 17.1. The standard InChI is InChI=1S/C15H12ClNO/c1-17-13-10-6-5-9-12(13)15(16,14(17)18)11-7-3-2-4-8-11/h2-10H,1H3/t15-/m1/s1. The zero-order valence-electron chi connectivity index (χ0n) is 9.93. The van der Waals surface area contributed by atoms with Crippen molar-refractivity contribution in [1.29, 1.82) is 0 Å². The smallest absolute Gasteiger partial charge is 0.257 e. The minimum Gasteiger partial charge on any atom is -0.313 e. The van der Waals surface area contributed by atoms with Gasteiger partial charge in [-0.2, -0.15) is 0 Å². The molecule has 2 aromatic rings. The molecule has 0 N–H and O–H groups in total. The van der Waals surface area contributed by atoms with Crippen LogP contribution in [0.3, 0.4) is 0 Å². The Morgan fingerprint density at radius 3 is 2.33 bits per heavy atom. The van der Waals surface area contributed by atoms with Crippen LogP contribution >= 0.6 is 11.6 Å². The predicted molar refractivity (Wildman–Crippen MR) is 72.9 cm³/mol. The highest BCUT2D eigenvalue weighted by molar-refractivity contribution is 6.41. The van der Waals surface area contributed by atoms with Crippen molar-refractivity contribution in [3.63, 3.8) is 0 Å². The van der Waals surface area contributed by atoms with Crippen molar-refractivity contribution in [1.82, 2.24) is 0 Å². The number of hydrogen-bond acceptors (Lipinski definition) is 1. The topological polar surface area (TPSA) is 20.3 Å². The van der Waals surface area contributed by atoms with E-state index in [4.69, 9.17) is 11.6 Å². The Kier molecular flexibility index (Phi) is 2.42. The molecule has 1 aliphatic rings. The van der Waals surface area contributed by atoms with Crippen LogP contribution in [-0.2, 0) is 9.67 Å². The third kappa shape index (κ3) is 1.33. The van der Waals surface area contributed by atoms with Crippen molar-refractivity contribution in [3.05, 3.63) is 65.7 Å². The number of amides is 1. The predicted octanol–water partition coefficient (Wildman–Crippen LogP) is 3.15. The second kappa shape index (κ2) is 3.85. The quantitative estimate of drug-likeness (QED) is 0.719. The molecule has 0 aliphatic carbocycles. The number of carbonyl (C=O) groups is 1. The lowest BCUT2D eigenvalue weighted by atomic mass is 9.92. The lowest BCUT2D eigenvalue weighted by molar-refractivity contribution is -0.119. The molecule has 3 heteroatoms. The second-order valence-corrected chi connectivity index (χ2v) is 4.97. The molecule has 2 nitrogen and oxygen atoms in total. The van der Waals surface area contributed by atoms with Gasteiger partial charge in [0.2, 0.25) is 0 Å². The van der Waals surface area contributed by atoms with Gasteiger partial charge in [-0.05, 0) is 11.6 Å². The number of rotatable bonds is 1. The Hall–Kier alpha value is -1.80. The summed E-state index contributed by atoms with van der Waals surface area (Å²) in [4.78, 5) is 13.0. The van der Waals surface area contributed by atoms with Gasteiger partial charge in [-0.15, -0.1) is 0 Å². The molecular weight excluding hydrogens is 246 g/mol. The van der Waals surface area contributed by atoms with Crippen molar-refractivity contribution in [2.45, 2.75) is 4.87 Å². The van der Waals surface area contributed by atoms with Gasteiger partial charge >= 0.3 is 0 Å². The van der Waals surface area contributed by atoms with Crippen molar-refractivity contribution < 1.29 is 4.79 Å². The van der Waals surface area contributed by atoms with E-state index < -0.39 is 4.87 Å². The van der Waals surface area contributed by atoms with Crippen LogP contribution in [0.25, 0.3) is 0 Å². The average Bonchev–Trinajstić information content (AvgIpc) is 2.64. The van der Waals surface area contributed by atoms with Gasteiger partial charge in [-0.1, -0.05) is 60.1 Å². The van der Waals surface area contributed by atoms with Gasteiger partial charge in [0.15, 0.2) is 4.87 Å². The van der Waals surface area contributed by atoms with Crippen LogP contribution in [0.5, 0.6) is 0 Å². The zero-order valence-corrected chi connectivity index (χ0v) is 10.7. The number of anilines is 1. The summed E-state index contributed by atoms with van der Waals surface area (Å²) in [7, 11) is 1.76. The molecule has 0 saturated carbocycles. The minimum atomic E-state index is -1.09. The highest BCUT2D eigenvalue weighted by Crippen LogP contribution is 2.48.